The van der Waals surface area contributed by atoms with E-state index in [-0.39, 0.29) is 12.0 Å². The molecular formula is C24H24N4O2. The number of ether oxygens (including phenoxy) is 1. The molecule has 1 N–H and O–H groups in total. The SMILES string of the molecule is CCOC1CCN(c2cc(C)nc3cc(NC(=O)c4ccc(C#N)cc4)ccc23)C1. The summed E-state index contributed by atoms with van der Waals surface area (Å²) in [6.45, 7) is 6.59. The minimum absolute atomic E-state index is 0.217. The Hall–Kier alpha value is -3.43. The maximum Gasteiger partial charge on any atom is 0.255 e. The molecule has 0 radical (unpaired) electrons. The van der Waals surface area contributed by atoms with Crippen molar-refractivity contribution in [3.8, 4) is 6.07 Å². The number of anilines is 2. The lowest BCUT2D eigenvalue weighted by molar-refractivity contribution is 0.0788. The molecular weight excluding hydrogens is 376 g/mol. The minimum atomic E-state index is -0.217. The van der Waals surface area contributed by atoms with E-state index < -0.39 is 0 Å². The molecule has 1 fully saturated rings. The molecule has 6 nitrogen and oxygen atoms in total. The van der Waals surface area contributed by atoms with E-state index in [1.807, 2.05) is 32.0 Å². The monoisotopic (exact) mass is 400 g/mol. The molecule has 1 amide bonds. The first kappa shape index (κ1) is 19.9. The van der Waals surface area contributed by atoms with Crippen LogP contribution >= 0.6 is 0 Å². The first-order chi connectivity index (χ1) is 14.6. The van der Waals surface area contributed by atoms with Gasteiger partial charge in [-0.2, -0.15) is 5.26 Å². The first-order valence-corrected chi connectivity index (χ1v) is 10.2. The number of aromatic nitrogens is 1. The molecule has 0 saturated carbocycles. The highest BCUT2D eigenvalue weighted by Crippen LogP contribution is 2.31. The molecule has 1 aromatic heterocycles. The number of nitriles is 1. The van der Waals surface area contributed by atoms with Crippen molar-refractivity contribution in [1.82, 2.24) is 4.98 Å². The van der Waals surface area contributed by atoms with Crippen LogP contribution in [0.1, 0.15) is 35.0 Å². The van der Waals surface area contributed by atoms with Crippen LogP contribution in [0.4, 0.5) is 11.4 Å². The Labute approximate surface area is 176 Å². The van der Waals surface area contributed by atoms with Crippen molar-refractivity contribution >= 4 is 28.2 Å². The lowest BCUT2D eigenvalue weighted by Gasteiger charge is -2.21. The summed E-state index contributed by atoms with van der Waals surface area (Å²) in [5.41, 5.74) is 4.67. The number of amides is 1. The number of aryl methyl sites for hydroxylation is 1. The Balaban J connectivity index is 1.58. The fourth-order valence-electron chi connectivity index (χ4n) is 3.90. The highest BCUT2D eigenvalue weighted by molar-refractivity contribution is 6.05. The molecule has 1 unspecified atom stereocenters. The van der Waals surface area contributed by atoms with Crippen LogP contribution in [-0.2, 0) is 4.74 Å². The van der Waals surface area contributed by atoms with Crippen LogP contribution in [0, 0.1) is 18.3 Å². The van der Waals surface area contributed by atoms with Crippen LogP contribution < -0.4 is 10.2 Å². The van der Waals surface area contributed by atoms with Gasteiger partial charge in [-0.05, 0) is 68.8 Å². The smallest absolute Gasteiger partial charge is 0.255 e. The predicted octanol–water partition coefficient (Wildman–Crippen LogP) is 4.28. The molecule has 2 aromatic carbocycles. The maximum absolute atomic E-state index is 12.6. The van der Waals surface area contributed by atoms with Crippen molar-refractivity contribution in [2.45, 2.75) is 26.4 Å². The fraction of sp³-hybridized carbons (Fsp3) is 0.292. The second kappa shape index (κ2) is 8.52. The van der Waals surface area contributed by atoms with Gasteiger partial charge in [0, 0.05) is 47.7 Å². The van der Waals surface area contributed by atoms with Crippen LogP contribution in [0.25, 0.3) is 10.9 Å². The third-order valence-electron chi connectivity index (χ3n) is 5.34. The lowest BCUT2D eigenvalue weighted by Crippen LogP contribution is -2.23. The average Bonchev–Trinajstić information content (AvgIpc) is 3.21. The summed E-state index contributed by atoms with van der Waals surface area (Å²) in [7, 11) is 0. The predicted molar refractivity (Wildman–Crippen MR) is 118 cm³/mol. The molecule has 1 aliphatic rings. The largest absolute Gasteiger partial charge is 0.377 e. The van der Waals surface area contributed by atoms with Crippen molar-refractivity contribution in [3.63, 3.8) is 0 Å². The summed E-state index contributed by atoms with van der Waals surface area (Å²) in [5.74, 6) is -0.217. The zero-order valence-corrected chi connectivity index (χ0v) is 17.2. The normalized spacial score (nSPS) is 15.9. The standard InChI is InChI=1S/C24H24N4O2/c1-3-30-20-10-11-28(15-20)23-12-16(2)26-22-13-19(8-9-21(22)23)27-24(29)18-6-4-17(14-25)5-7-18/h4-9,12-13,20H,3,10-11,15H2,1-2H3,(H,27,29). The number of nitrogens with zero attached hydrogens (tertiary/aromatic N) is 3. The van der Waals surface area contributed by atoms with Gasteiger partial charge in [0.25, 0.3) is 5.91 Å². The Morgan fingerprint density at radius 1 is 1.27 bits per heavy atom. The van der Waals surface area contributed by atoms with Gasteiger partial charge in [-0.25, -0.2) is 0 Å². The molecule has 1 saturated heterocycles. The van der Waals surface area contributed by atoms with E-state index in [9.17, 15) is 4.79 Å². The Morgan fingerprint density at radius 3 is 2.80 bits per heavy atom. The van der Waals surface area contributed by atoms with Crippen molar-refractivity contribution in [3.05, 3.63) is 65.4 Å². The molecule has 152 valence electrons. The second-order valence-corrected chi connectivity index (χ2v) is 7.47. The lowest BCUT2D eigenvalue weighted by atomic mass is 10.1. The Morgan fingerprint density at radius 2 is 2.07 bits per heavy atom. The number of fused-ring (bicyclic) bond motifs is 1. The Bertz CT molecular complexity index is 1120. The highest BCUT2D eigenvalue weighted by Gasteiger charge is 2.24. The fourth-order valence-corrected chi connectivity index (χ4v) is 3.90. The topological polar surface area (TPSA) is 78.2 Å². The van der Waals surface area contributed by atoms with E-state index in [4.69, 9.17) is 10.00 Å². The van der Waals surface area contributed by atoms with Crippen LogP contribution in [0.5, 0.6) is 0 Å². The summed E-state index contributed by atoms with van der Waals surface area (Å²) in [6, 6.07) is 16.6. The highest BCUT2D eigenvalue weighted by atomic mass is 16.5. The van der Waals surface area contributed by atoms with Gasteiger partial charge < -0.3 is 15.0 Å². The third kappa shape index (κ3) is 4.12. The number of hydrogen-bond acceptors (Lipinski definition) is 5. The van der Waals surface area contributed by atoms with Crippen LogP contribution in [0.3, 0.4) is 0 Å². The van der Waals surface area contributed by atoms with Crippen molar-refractivity contribution in [2.24, 2.45) is 0 Å². The maximum atomic E-state index is 12.6. The number of benzene rings is 2. The van der Waals surface area contributed by atoms with Gasteiger partial charge in [0.15, 0.2) is 0 Å². The molecule has 1 atom stereocenters. The number of carbonyl (C=O) groups excluding carboxylic acids is 1. The average molecular weight is 400 g/mol. The number of carbonyl (C=O) groups is 1. The van der Waals surface area contributed by atoms with Gasteiger partial charge >= 0.3 is 0 Å². The van der Waals surface area contributed by atoms with Crippen molar-refractivity contribution in [1.29, 1.82) is 5.26 Å². The summed E-state index contributed by atoms with van der Waals surface area (Å²) in [6.07, 6.45) is 1.29. The first-order valence-electron chi connectivity index (χ1n) is 10.2. The molecule has 0 aliphatic carbocycles. The van der Waals surface area contributed by atoms with E-state index in [1.54, 1.807) is 24.3 Å². The molecule has 2 heterocycles. The van der Waals surface area contributed by atoms with E-state index in [0.717, 1.165) is 48.4 Å². The van der Waals surface area contributed by atoms with Gasteiger partial charge in [0.05, 0.1) is 23.3 Å². The van der Waals surface area contributed by atoms with E-state index in [2.05, 4.69) is 27.3 Å². The minimum Gasteiger partial charge on any atom is -0.377 e. The van der Waals surface area contributed by atoms with Crippen LogP contribution in [0.2, 0.25) is 0 Å². The van der Waals surface area contributed by atoms with E-state index in [0.29, 0.717) is 16.8 Å². The molecule has 30 heavy (non-hydrogen) atoms. The summed E-state index contributed by atoms with van der Waals surface area (Å²) < 4.78 is 5.79. The number of nitrogens with one attached hydrogen (secondary N) is 1. The zero-order chi connectivity index (χ0) is 21.1. The van der Waals surface area contributed by atoms with Gasteiger partial charge in [0.1, 0.15) is 0 Å². The molecule has 0 spiro atoms. The van der Waals surface area contributed by atoms with Crippen molar-refractivity contribution < 1.29 is 9.53 Å². The molecule has 4 rings (SSSR count). The van der Waals surface area contributed by atoms with Crippen molar-refractivity contribution in [2.75, 3.05) is 29.9 Å². The summed E-state index contributed by atoms with van der Waals surface area (Å²) in [4.78, 5) is 19.6. The third-order valence-corrected chi connectivity index (χ3v) is 5.34. The number of hydrogen-bond donors (Lipinski definition) is 1. The van der Waals surface area contributed by atoms with Crippen LogP contribution in [0.15, 0.2) is 48.5 Å². The molecule has 6 heteroatoms. The number of pyridine rings is 1. The van der Waals surface area contributed by atoms with E-state index >= 15 is 0 Å². The second-order valence-electron chi connectivity index (χ2n) is 7.47. The van der Waals surface area contributed by atoms with E-state index in [1.165, 1.54) is 0 Å². The molecule has 3 aromatic rings. The van der Waals surface area contributed by atoms with Crippen LogP contribution in [-0.4, -0.2) is 36.7 Å². The van der Waals surface area contributed by atoms with Gasteiger partial charge in [-0.1, -0.05) is 0 Å². The Kier molecular flexibility index (Phi) is 5.64. The van der Waals surface area contributed by atoms with Gasteiger partial charge in [-0.15, -0.1) is 0 Å². The summed E-state index contributed by atoms with van der Waals surface area (Å²) in [5, 5.41) is 12.9. The molecule has 1 aliphatic heterocycles. The quantitative estimate of drug-likeness (QED) is 0.691. The number of rotatable bonds is 5. The van der Waals surface area contributed by atoms with Gasteiger partial charge in [0.2, 0.25) is 0 Å². The van der Waals surface area contributed by atoms with Gasteiger partial charge in [-0.3, -0.25) is 9.78 Å². The zero-order valence-electron chi connectivity index (χ0n) is 17.2. The molecule has 0 bridgehead atoms. The summed E-state index contributed by atoms with van der Waals surface area (Å²) >= 11 is 0.